The summed E-state index contributed by atoms with van der Waals surface area (Å²) < 4.78 is 2.09. The van der Waals surface area contributed by atoms with E-state index in [1.165, 1.54) is 25.7 Å². The molecule has 4 heteroatoms. The highest BCUT2D eigenvalue weighted by Crippen LogP contribution is 2.28. The van der Waals surface area contributed by atoms with Gasteiger partial charge in [-0.1, -0.05) is 19.3 Å². The maximum atomic E-state index is 4.54. The van der Waals surface area contributed by atoms with E-state index in [4.69, 9.17) is 0 Å². The van der Waals surface area contributed by atoms with Crippen molar-refractivity contribution in [3.05, 3.63) is 23.5 Å². The number of hydrogen-bond donors (Lipinski definition) is 1. The van der Waals surface area contributed by atoms with Gasteiger partial charge in [0.05, 0.1) is 5.69 Å². The third kappa shape index (κ3) is 2.13. The molecule has 3 nitrogen and oxygen atoms in total. The summed E-state index contributed by atoms with van der Waals surface area (Å²) in [6.07, 6.45) is 9.85. The zero-order valence-electron chi connectivity index (χ0n) is 9.35. The van der Waals surface area contributed by atoms with Gasteiger partial charge >= 0.3 is 0 Å². The third-order valence-corrected chi connectivity index (χ3v) is 4.17. The zero-order chi connectivity index (χ0) is 10.8. The molecule has 1 aliphatic carbocycles. The number of thiazole rings is 1. The topological polar surface area (TPSA) is 29.3 Å². The third-order valence-electron chi connectivity index (χ3n) is 3.40. The zero-order valence-corrected chi connectivity index (χ0v) is 10.2. The van der Waals surface area contributed by atoms with Crippen LogP contribution < -0.4 is 5.32 Å². The van der Waals surface area contributed by atoms with Gasteiger partial charge < -0.3 is 5.32 Å². The molecule has 86 valence electrons. The fourth-order valence-corrected chi connectivity index (χ4v) is 2.88. The first-order valence-electron chi connectivity index (χ1n) is 6.03. The van der Waals surface area contributed by atoms with Crippen LogP contribution >= 0.6 is 11.3 Å². The number of hydrogen-bond acceptors (Lipinski definition) is 3. The molecule has 0 aromatic carbocycles. The molecule has 0 atom stereocenters. The van der Waals surface area contributed by atoms with Gasteiger partial charge in [-0.2, -0.15) is 0 Å². The molecule has 2 heterocycles. The summed E-state index contributed by atoms with van der Waals surface area (Å²) in [5.41, 5.74) is 1.15. The maximum absolute atomic E-state index is 4.54. The molecule has 0 saturated heterocycles. The second-order valence-electron chi connectivity index (χ2n) is 4.59. The molecular weight excluding hydrogens is 218 g/mol. The van der Waals surface area contributed by atoms with E-state index in [2.05, 4.69) is 32.5 Å². The lowest BCUT2D eigenvalue weighted by Crippen LogP contribution is -2.21. The molecular formula is C12H17N3S. The van der Waals surface area contributed by atoms with E-state index in [-0.39, 0.29) is 0 Å². The van der Waals surface area contributed by atoms with Crippen molar-refractivity contribution in [1.29, 1.82) is 0 Å². The molecule has 0 unspecified atom stereocenters. The predicted octanol–water partition coefficient (Wildman–Crippen LogP) is 2.68. The first-order valence-corrected chi connectivity index (χ1v) is 6.91. The molecule has 0 bridgehead atoms. The molecule has 1 fully saturated rings. The summed E-state index contributed by atoms with van der Waals surface area (Å²) in [5.74, 6) is 0.998. The smallest absolute Gasteiger partial charge is 0.193 e. The molecule has 1 N–H and O–H groups in total. The Kier molecular flexibility index (Phi) is 2.93. The van der Waals surface area contributed by atoms with Gasteiger partial charge in [0.15, 0.2) is 4.96 Å². The highest BCUT2D eigenvalue weighted by Gasteiger charge is 2.16. The summed E-state index contributed by atoms with van der Waals surface area (Å²) in [6.45, 7) is 2.04. The Morgan fingerprint density at radius 2 is 2.44 bits per heavy atom. The molecule has 0 amide bonds. The largest absolute Gasteiger partial charge is 0.311 e. The van der Waals surface area contributed by atoms with Crippen LogP contribution in [-0.2, 0) is 6.54 Å². The second-order valence-corrected chi connectivity index (χ2v) is 5.46. The summed E-state index contributed by atoms with van der Waals surface area (Å²) in [4.78, 5) is 5.64. The lowest BCUT2D eigenvalue weighted by molar-refractivity contribution is 0.292. The first kappa shape index (κ1) is 10.3. The van der Waals surface area contributed by atoms with Gasteiger partial charge in [0, 0.05) is 24.3 Å². The van der Waals surface area contributed by atoms with Crippen molar-refractivity contribution in [3.63, 3.8) is 0 Å². The van der Waals surface area contributed by atoms with Crippen LogP contribution in [0.4, 0.5) is 0 Å². The Morgan fingerprint density at radius 1 is 1.50 bits per heavy atom. The molecule has 1 aliphatic rings. The van der Waals surface area contributed by atoms with E-state index < -0.39 is 0 Å². The fraction of sp³-hybridized carbons (Fsp3) is 0.583. The van der Waals surface area contributed by atoms with Gasteiger partial charge in [-0.15, -0.1) is 11.3 Å². The minimum Gasteiger partial charge on any atom is -0.311 e. The van der Waals surface area contributed by atoms with Crippen LogP contribution in [0.3, 0.4) is 0 Å². The SMILES string of the molecule is c1cn2cc(CNCCC3CCC3)nc2s1. The van der Waals surface area contributed by atoms with Crippen molar-refractivity contribution >= 4 is 16.3 Å². The van der Waals surface area contributed by atoms with Crippen LogP contribution in [-0.4, -0.2) is 15.9 Å². The van der Waals surface area contributed by atoms with E-state index in [1.807, 2.05) is 0 Å². The van der Waals surface area contributed by atoms with Crippen molar-refractivity contribution in [2.24, 2.45) is 5.92 Å². The van der Waals surface area contributed by atoms with Crippen LogP contribution in [0.25, 0.3) is 4.96 Å². The Morgan fingerprint density at radius 3 is 3.19 bits per heavy atom. The molecule has 0 aliphatic heterocycles. The Balaban J connectivity index is 1.45. The molecule has 2 aromatic heterocycles. The van der Waals surface area contributed by atoms with Crippen molar-refractivity contribution in [2.75, 3.05) is 6.54 Å². The number of nitrogens with one attached hydrogen (secondary N) is 1. The van der Waals surface area contributed by atoms with E-state index >= 15 is 0 Å². The average molecular weight is 235 g/mol. The molecule has 0 radical (unpaired) electrons. The van der Waals surface area contributed by atoms with E-state index in [0.29, 0.717) is 0 Å². The predicted molar refractivity (Wildman–Crippen MR) is 66.7 cm³/mol. The number of imidazole rings is 1. The highest BCUT2D eigenvalue weighted by molar-refractivity contribution is 7.15. The van der Waals surface area contributed by atoms with E-state index in [9.17, 15) is 0 Å². The van der Waals surface area contributed by atoms with E-state index in [1.54, 1.807) is 11.3 Å². The quantitative estimate of drug-likeness (QED) is 0.807. The first-order chi connectivity index (χ1) is 7.92. The number of nitrogens with zero attached hydrogens (tertiary/aromatic N) is 2. The molecule has 3 rings (SSSR count). The number of aromatic nitrogens is 2. The summed E-state index contributed by atoms with van der Waals surface area (Å²) >= 11 is 1.69. The summed E-state index contributed by atoms with van der Waals surface area (Å²) in [6, 6.07) is 0. The second kappa shape index (κ2) is 4.55. The van der Waals surface area contributed by atoms with Gasteiger partial charge in [0.1, 0.15) is 0 Å². The monoisotopic (exact) mass is 235 g/mol. The Labute approximate surface area is 99.5 Å². The summed E-state index contributed by atoms with van der Waals surface area (Å²) in [7, 11) is 0. The molecule has 0 spiro atoms. The van der Waals surface area contributed by atoms with Crippen molar-refractivity contribution in [2.45, 2.75) is 32.2 Å². The van der Waals surface area contributed by atoms with Crippen LogP contribution in [0.15, 0.2) is 17.8 Å². The summed E-state index contributed by atoms with van der Waals surface area (Å²) in [5, 5.41) is 5.55. The minimum absolute atomic E-state index is 0.904. The van der Waals surface area contributed by atoms with Crippen molar-refractivity contribution < 1.29 is 0 Å². The maximum Gasteiger partial charge on any atom is 0.193 e. The van der Waals surface area contributed by atoms with Gasteiger partial charge in [-0.3, -0.25) is 4.40 Å². The van der Waals surface area contributed by atoms with Crippen molar-refractivity contribution in [3.8, 4) is 0 Å². The average Bonchev–Trinajstić information content (AvgIpc) is 2.74. The fourth-order valence-electron chi connectivity index (χ4n) is 2.17. The molecule has 1 saturated carbocycles. The number of rotatable bonds is 5. The van der Waals surface area contributed by atoms with Crippen LogP contribution in [0.1, 0.15) is 31.4 Å². The van der Waals surface area contributed by atoms with E-state index in [0.717, 1.165) is 29.7 Å². The van der Waals surface area contributed by atoms with Gasteiger partial charge in [0.2, 0.25) is 0 Å². The molecule has 16 heavy (non-hydrogen) atoms. The van der Waals surface area contributed by atoms with Crippen LogP contribution in [0.2, 0.25) is 0 Å². The van der Waals surface area contributed by atoms with Crippen LogP contribution in [0.5, 0.6) is 0 Å². The Hall–Kier alpha value is -0.870. The molecule has 2 aromatic rings. The lowest BCUT2D eigenvalue weighted by Gasteiger charge is -2.25. The normalized spacial score (nSPS) is 16.8. The van der Waals surface area contributed by atoms with Gasteiger partial charge in [-0.05, 0) is 18.9 Å². The Bertz CT molecular complexity index is 427. The van der Waals surface area contributed by atoms with Gasteiger partial charge in [0.25, 0.3) is 0 Å². The highest BCUT2D eigenvalue weighted by atomic mass is 32.1. The van der Waals surface area contributed by atoms with Crippen LogP contribution in [0, 0.1) is 5.92 Å². The van der Waals surface area contributed by atoms with Crippen molar-refractivity contribution in [1.82, 2.24) is 14.7 Å². The minimum atomic E-state index is 0.904. The lowest BCUT2D eigenvalue weighted by atomic mass is 9.83. The van der Waals surface area contributed by atoms with Gasteiger partial charge in [-0.25, -0.2) is 4.98 Å². The number of fused-ring (bicyclic) bond motifs is 1. The standard InChI is InChI=1S/C12H17N3S/c1-2-10(3-1)4-5-13-8-11-9-15-6-7-16-12(15)14-11/h6-7,9-10,13H,1-5,8H2.